The summed E-state index contributed by atoms with van der Waals surface area (Å²) in [7, 11) is 1.97. The van der Waals surface area contributed by atoms with Gasteiger partial charge in [-0.05, 0) is 26.3 Å². The normalized spacial score (nSPS) is 19.8. The van der Waals surface area contributed by atoms with E-state index >= 15 is 0 Å². The molecule has 0 radical (unpaired) electrons. The van der Waals surface area contributed by atoms with Crippen LogP contribution in [-0.4, -0.2) is 24.5 Å². The van der Waals surface area contributed by atoms with E-state index in [0.717, 1.165) is 19.3 Å². The van der Waals surface area contributed by atoms with Crippen molar-refractivity contribution in [3.05, 3.63) is 0 Å². The van der Waals surface area contributed by atoms with Crippen molar-refractivity contribution in [3.8, 4) is 12.3 Å². The Labute approximate surface area is 111 Å². The lowest BCUT2D eigenvalue weighted by molar-refractivity contribution is -0.123. The zero-order valence-electron chi connectivity index (χ0n) is 11.7. The fourth-order valence-corrected chi connectivity index (χ4v) is 2.77. The Morgan fingerprint density at radius 2 is 2.06 bits per heavy atom. The van der Waals surface area contributed by atoms with Crippen molar-refractivity contribution in [2.24, 2.45) is 0 Å². The third-order valence-electron chi connectivity index (χ3n) is 4.06. The summed E-state index contributed by atoms with van der Waals surface area (Å²) in [5.74, 6) is 2.75. The van der Waals surface area contributed by atoms with Crippen LogP contribution in [0.4, 0.5) is 0 Å². The second-order valence-electron chi connectivity index (χ2n) is 5.35. The first kappa shape index (κ1) is 15.0. The lowest BCUT2D eigenvalue weighted by atomic mass is 9.79. The highest BCUT2D eigenvalue weighted by Gasteiger charge is 2.32. The largest absolute Gasteiger partial charge is 0.352 e. The monoisotopic (exact) mass is 250 g/mol. The summed E-state index contributed by atoms with van der Waals surface area (Å²) in [5.41, 5.74) is 0.0107. The molecule has 0 bridgehead atoms. The van der Waals surface area contributed by atoms with Crippen LogP contribution < -0.4 is 10.6 Å². The summed E-state index contributed by atoms with van der Waals surface area (Å²) in [6, 6.07) is 0.125. The van der Waals surface area contributed by atoms with Crippen molar-refractivity contribution in [1.82, 2.24) is 10.6 Å². The molecule has 1 fully saturated rings. The zero-order valence-corrected chi connectivity index (χ0v) is 11.7. The van der Waals surface area contributed by atoms with Gasteiger partial charge in [0.05, 0.1) is 0 Å². The van der Waals surface area contributed by atoms with E-state index in [9.17, 15) is 4.79 Å². The minimum atomic E-state index is 0.0107. The second kappa shape index (κ2) is 7.43. The zero-order chi connectivity index (χ0) is 13.4. The van der Waals surface area contributed by atoms with Gasteiger partial charge in [0.1, 0.15) is 0 Å². The van der Waals surface area contributed by atoms with Crippen LogP contribution in [0, 0.1) is 12.3 Å². The summed E-state index contributed by atoms with van der Waals surface area (Å²) >= 11 is 0. The lowest BCUT2D eigenvalue weighted by Gasteiger charge is -2.37. The molecule has 3 heteroatoms. The molecule has 1 saturated carbocycles. The van der Waals surface area contributed by atoms with E-state index in [1.807, 2.05) is 7.05 Å². The molecule has 102 valence electrons. The van der Waals surface area contributed by atoms with Gasteiger partial charge in [0, 0.05) is 24.4 Å². The predicted octanol–water partition coefficient (Wildman–Crippen LogP) is 2.22. The molecule has 18 heavy (non-hydrogen) atoms. The molecule has 2 N–H and O–H groups in total. The minimum absolute atomic E-state index is 0.0107. The van der Waals surface area contributed by atoms with Gasteiger partial charge in [-0.15, -0.1) is 12.3 Å². The third-order valence-corrected chi connectivity index (χ3v) is 4.06. The molecule has 1 atom stereocenters. The third kappa shape index (κ3) is 4.34. The lowest BCUT2D eigenvalue weighted by Crippen LogP contribution is -2.49. The molecule has 0 spiro atoms. The van der Waals surface area contributed by atoms with Gasteiger partial charge in [-0.25, -0.2) is 0 Å². The van der Waals surface area contributed by atoms with Gasteiger partial charge < -0.3 is 10.6 Å². The van der Waals surface area contributed by atoms with Gasteiger partial charge in [-0.3, -0.25) is 4.79 Å². The van der Waals surface area contributed by atoms with E-state index in [0.29, 0.717) is 12.8 Å². The standard InChI is InChI=1S/C15H26N2O/c1-4-9-13(5-2)17-14(18)12-15(16-3)10-7-6-8-11-15/h1,13,16H,5-12H2,2-3H3,(H,17,18). The van der Waals surface area contributed by atoms with Gasteiger partial charge in [0.15, 0.2) is 0 Å². The SMILES string of the molecule is C#CCC(CC)NC(=O)CC1(NC)CCCCC1. The predicted molar refractivity (Wildman–Crippen MR) is 75.2 cm³/mol. The number of carbonyl (C=O) groups excluding carboxylic acids is 1. The van der Waals surface area contributed by atoms with Crippen LogP contribution in [0.3, 0.4) is 0 Å². The van der Waals surface area contributed by atoms with Crippen molar-refractivity contribution in [3.63, 3.8) is 0 Å². The number of terminal acetylenes is 1. The number of amides is 1. The molecule has 1 aliphatic carbocycles. The summed E-state index contributed by atoms with van der Waals surface area (Å²) in [5, 5.41) is 6.42. The van der Waals surface area contributed by atoms with Crippen LogP contribution in [0.1, 0.15) is 58.3 Å². The Balaban J connectivity index is 2.49. The molecule has 0 saturated heterocycles. The van der Waals surface area contributed by atoms with Crippen LogP contribution in [0.15, 0.2) is 0 Å². The Morgan fingerprint density at radius 1 is 1.39 bits per heavy atom. The first-order chi connectivity index (χ1) is 8.65. The number of carbonyl (C=O) groups is 1. The van der Waals surface area contributed by atoms with E-state index < -0.39 is 0 Å². The first-order valence-corrected chi connectivity index (χ1v) is 7.07. The Hall–Kier alpha value is -1.01. The maximum Gasteiger partial charge on any atom is 0.222 e. The quantitative estimate of drug-likeness (QED) is 0.710. The first-order valence-electron chi connectivity index (χ1n) is 7.07. The number of hydrogen-bond donors (Lipinski definition) is 2. The van der Waals surface area contributed by atoms with Crippen LogP contribution >= 0.6 is 0 Å². The molecule has 1 rings (SSSR count). The molecule has 0 aromatic rings. The summed E-state index contributed by atoms with van der Waals surface area (Å²) in [6.45, 7) is 2.05. The molecule has 1 aliphatic rings. The molecular formula is C15H26N2O. The van der Waals surface area contributed by atoms with Crippen LogP contribution in [0.5, 0.6) is 0 Å². The highest BCUT2D eigenvalue weighted by atomic mass is 16.1. The molecule has 0 aromatic heterocycles. The highest BCUT2D eigenvalue weighted by molar-refractivity contribution is 5.77. The van der Waals surface area contributed by atoms with Crippen LogP contribution in [0.2, 0.25) is 0 Å². The molecule has 0 heterocycles. The van der Waals surface area contributed by atoms with E-state index in [1.165, 1.54) is 19.3 Å². The summed E-state index contributed by atoms with van der Waals surface area (Å²) < 4.78 is 0. The Morgan fingerprint density at radius 3 is 2.56 bits per heavy atom. The van der Waals surface area contributed by atoms with Gasteiger partial charge in [-0.2, -0.15) is 0 Å². The second-order valence-corrected chi connectivity index (χ2v) is 5.35. The van der Waals surface area contributed by atoms with Crippen LogP contribution in [0.25, 0.3) is 0 Å². The Kier molecular flexibility index (Phi) is 6.21. The average Bonchev–Trinajstić information content (AvgIpc) is 2.39. The Bertz CT molecular complexity index is 300. The minimum Gasteiger partial charge on any atom is -0.352 e. The van der Waals surface area contributed by atoms with Gasteiger partial charge in [-0.1, -0.05) is 26.2 Å². The molecular weight excluding hydrogens is 224 g/mol. The van der Waals surface area contributed by atoms with Crippen molar-refractivity contribution in [2.75, 3.05) is 7.05 Å². The number of hydrogen-bond acceptors (Lipinski definition) is 2. The number of nitrogens with one attached hydrogen (secondary N) is 2. The van der Waals surface area contributed by atoms with E-state index in [-0.39, 0.29) is 17.5 Å². The van der Waals surface area contributed by atoms with Gasteiger partial charge >= 0.3 is 0 Å². The average molecular weight is 250 g/mol. The fourth-order valence-electron chi connectivity index (χ4n) is 2.77. The van der Waals surface area contributed by atoms with Crippen LogP contribution in [-0.2, 0) is 4.79 Å². The molecule has 0 aliphatic heterocycles. The highest BCUT2D eigenvalue weighted by Crippen LogP contribution is 2.30. The topological polar surface area (TPSA) is 41.1 Å². The number of rotatable bonds is 6. The summed E-state index contributed by atoms with van der Waals surface area (Å²) in [4.78, 5) is 12.1. The molecule has 0 aromatic carbocycles. The van der Waals surface area contributed by atoms with Gasteiger partial charge in [0.25, 0.3) is 0 Å². The van der Waals surface area contributed by atoms with E-state index in [4.69, 9.17) is 6.42 Å². The molecule has 1 amide bonds. The smallest absolute Gasteiger partial charge is 0.222 e. The maximum atomic E-state index is 12.1. The van der Waals surface area contributed by atoms with E-state index in [2.05, 4.69) is 23.5 Å². The van der Waals surface area contributed by atoms with Gasteiger partial charge in [0.2, 0.25) is 5.91 Å². The summed E-state index contributed by atoms with van der Waals surface area (Å²) in [6.07, 6.45) is 13.3. The maximum absolute atomic E-state index is 12.1. The van der Waals surface area contributed by atoms with Crippen molar-refractivity contribution < 1.29 is 4.79 Å². The van der Waals surface area contributed by atoms with Crippen molar-refractivity contribution >= 4 is 5.91 Å². The van der Waals surface area contributed by atoms with E-state index in [1.54, 1.807) is 0 Å². The molecule has 3 nitrogen and oxygen atoms in total. The fraction of sp³-hybridized carbons (Fsp3) is 0.800. The van der Waals surface area contributed by atoms with Crippen molar-refractivity contribution in [1.29, 1.82) is 0 Å². The van der Waals surface area contributed by atoms with Crippen molar-refractivity contribution in [2.45, 2.75) is 69.9 Å². The molecule has 1 unspecified atom stereocenters.